The molecule has 1 aliphatic heterocycles. The third kappa shape index (κ3) is 3.09. The zero-order valence-electron chi connectivity index (χ0n) is 12.4. The van der Waals surface area contributed by atoms with Crippen molar-refractivity contribution in [3.8, 4) is 0 Å². The zero-order valence-corrected chi connectivity index (χ0v) is 12.4. The first-order valence-electron chi connectivity index (χ1n) is 7.15. The van der Waals surface area contributed by atoms with Crippen LogP contribution in [0.15, 0.2) is 0 Å². The lowest BCUT2D eigenvalue weighted by molar-refractivity contribution is -0.384. The van der Waals surface area contributed by atoms with Gasteiger partial charge in [-0.15, -0.1) is 0 Å². The van der Waals surface area contributed by atoms with Crippen LogP contribution in [0.3, 0.4) is 0 Å². The highest BCUT2D eigenvalue weighted by Crippen LogP contribution is 2.29. The number of nitrogens with one attached hydrogen (secondary N) is 1. The number of rotatable bonds is 5. The van der Waals surface area contributed by atoms with Crippen LogP contribution in [0.1, 0.15) is 25.5 Å². The molecule has 0 atom stereocenters. The molecule has 112 valence electrons. The minimum absolute atomic E-state index is 0.128. The average molecular weight is 281 g/mol. The van der Waals surface area contributed by atoms with Crippen molar-refractivity contribution in [3.05, 3.63) is 15.8 Å². The summed E-state index contributed by atoms with van der Waals surface area (Å²) in [5, 5.41) is 18.7. The Morgan fingerprint density at radius 2 is 2.05 bits per heavy atom. The van der Waals surface area contributed by atoms with E-state index in [9.17, 15) is 10.1 Å². The molecule has 1 fully saturated rings. The van der Waals surface area contributed by atoms with Crippen LogP contribution in [0.4, 0.5) is 11.5 Å². The van der Waals surface area contributed by atoms with E-state index in [1.54, 1.807) is 11.7 Å². The van der Waals surface area contributed by atoms with E-state index in [2.05, 4.69) is 22.4 Å². The summed E-state index contributed by atoms with van der Waals surface area (Å²) in [6, 6.07) is 0. The topological polar surface area (TPSA) is 76.2 Å². The Kier molecular flexibility index (Phi) is 4.59. The quantitative estimate of drug-likeness (QED) is 0.656. The van der Waals surface area contributed by atoms with Gasteiger partial charge in [0, 0.05) is 13.6 Å². The maximum atomic E-state index is 11.2. The molecule has 0 bridgehead atoms. The Balaban J connectivity index is 2.05. The van der Waals surface area contributed by atoms with Gasteiger partial charge in [-0.05, 0) is 45.3 Å². The van der Waals surface area contributed by atoms with Crippen molar-refractivity contribution in [2.24, 2.45) is 13.0 Å². The molecule has 2 rings (SSSR count). The number of anilines is 1. The van der Waals surface area contributed by atoms with Gasteiger partial charge in [-0.25, -0.2) is 4.68 Å². The lowest BCUT2D eigenvalue weighted by Crippen LogP contribution is -2.33. The number of nitrogens with zero attached hydrogens (tertiary/aromatic N) is 4. The van der Waals surface area contributed by atoms with Gasteiger partial charge in [-0.3, -0.25) is 10.1 Å². The Labute approximate surface area is 119 Å². The van der Waals surface area contributed by atoms with E-state index in [0.29, 0.717) is 23.9 Å². The molecule has 1 saturated heterocycles. The van der Waals surface area contributed by atoms with Gasteiger partial charge in [0.2, 0.25) is 5.82 Å². The fourth-order valence-corrected chi connectivity index (χ4v) is 2.70. The predicted octanol–water partition coefficient (Wildman–Crippen LogP) is 1.64. The molecule has 0 spiro atoms. The van der Waals surface area contributed by atoms with Crippen molar-refractivity contribution in [2.45, 2.75) is 26.2 Å². The van der Waals surface area contributed by atoms with Crippen molar-refractivity contribution < 1.29 is 4.92 Å². The van der Waals surface area contributed by atoms with Gasteiger partial charge in [-0.1, -0.05) is 6.92 Å². The summed E-state index contributed by atoms with van der Waals surface area (Å²) in [6.45, 7) is 4.85. The van der Waals surface area contributed by atoms with E-state index < -0.39 is 0 Å². The first-order chi connectivity index (χ1) is 9.52. The normalized spacial score (nSPS) is 17.4. The molecular formula is C13H23N5O2. The third-order valence-corrected chi connectivity index (χ3v) is 4.01. The van der Waals surface area contributed by atoms with Crippen LogP contribution < -0.4 is 5.32 Å². The number of nitro groups is 1. The summed E-state index contributed by atoms with van der Waals surface area (Å²) in [6.07, 6.45) is 2.84. The van der Waals surface area contributed by atoms with Gasteiger partial charge in [0.05, 0.1) is 4.92 Å². The Morgan fingerprint density at radius 1 is 1.40 bits per heavy atom. The van der Waals surface area contributed by atoms with Crippen LogP contribution in [0.25, 0.3) is 0 Å². The van der Waals surface area contributed by atoms with Gasteiger partial charge in [0.15, 0.2) is 0 Å². The number of aromatic nitrogens is 2. The van der Waals surface area contributed by atoms with Crippen LogP contribution in [0.2, 0.25) is 0 Å². The highest BCUT2D eigenvalue weighted by atomic mass is 16.6. The third-order valence-electron chi connectivity index (χ3n) is 4.01. The number of hydrogen-bond acceptors (Lipinski definition) is 5. The fraction of sp³-hybridized carbons (Fsp3) is 0.769. The van der Waals surface area contributed by atoms with Crippen LogP contribution in [0.5, 0.6) is 0 Å². The van der Waals surface area contributed by atoms with Gasteiger partial charge < -0.3 is 10.2 Å². The molecule has 7 heteroatoms. The minimum Gasteiger partial charge on any atom is -0.364 e. The lowest BCUT2D eigenvalue weighted by Gasteiger charge is -2.29. The second-order valence-corrected chi connectivity index (χ2v) is 5.51. The largest absolute Gasteiger partial charge is 0.364 e. The first-order valence-corrected chi connectivity index (χ1v) is 7.15. The van der Waals surface area contributed by atoms with Crippen LogP contribution in [-0.2, 0) is 13.5 Å². The molecule has 1 aliphatic rings. The summed E-state index contributed by atoms with van der Waals surface area (Å²) < 4.78 is 1.59. The van der Waals surface area contributed by atoms with Gasteiger partial charge in [0.25, 0.3) is 0 Å². The van der Waals surface area contributed by atoms with E-state index in [4.69, 9.17) is 0 Å². The van der Waals surface area contributed by atoms with Crippen molar-refractivity contribution in [1.82, 2.24) is 14.7 Å². The highest BCUT2D eigenvalue weighted by Gasteiger charge is 2.26. The molecule has 0 saturated carbocycles. The zero-order chi connectivity index (χ0) is 14.7. The standard InChI is InChI=1S/C13H23N5O2/c1-4-11-12(18(19)20)13(17(3)15-11)14-9-10-5-7-16(2)8-6-10/h10,14H,4-9H2,1-3H3. The molecule has 0 amide bonds. The maximum Gasteiger partial charge on any atom is 0.333 e. The summed E-state index contributed by atoms with van der Waals surface area (Å²) in [5.41, 5.74) is 0.673. The van der Waals surface area contributed by atoms with Crippen molar-refractivity contribution >= 4 is 11.5 Å². The van der Waals surface area contributed by atoms with Gasteiger partial charge in [0.1, 0.15) is 5.69 Å². The summed E-state index contributed by atoms with van der Waals surface area (Å²) >= 11 is 0. The Hall–Kier alpha value is -1.63. The highest BCUT2D eigenvalue weighted by molar-refractivity contribution is 5.59. The maximum absolute atomic E-state index is 11.2. The molecule has 7 nitrogen and oxygen atoms in total. The van der Waals surface area contributed by atoms with E-state index >= 15 is 0 Å². The fourth-order valence-electron chi connectivity index (χ4n) is 2.70. The van der Waals surface area contributed by atoms with E-state index in [-0.39, 0.29) is 10.6 Å². The summed E-state index contributed by atoms with van der Waals surface area (Å²) in [5.74, 6) is 1.11. The van der Waals surface area contributed by atoms with Crippen molar-refractivity contribution in [3.63, 3.8) is 0 Å². The summed E-state index contributed by atoms with van der Waals surface area (Å²) in [4.78, 5) is 13.2. The molecule has 2 heterocycles. The van der Waals surface area contributed by atoms with E-state index in [1.807, 2.05) is 6.92 Å². The number of likely N-dealkylation sites (tertiary alicyclic amines) is 1. The molecule has 20 heavy (non-hydrogen) atoms. The monoisotopic (exact) mass is 281 g/mol. The Bertz CT molecular complexity index is 477. The molecular weight excluding hydrogens is 258 g/mol. The van der Waals surface area contributed by atoms with Crippen LogP contribution >= 0.6 is 0 Å². The summed E-state index contributed by atoms with van der Waals surface area (Å²) in [7, 11) is 3.88. The van der Waals surface area contributed by atoms with Crippen molar-refractivity contribution in [2.75, 3.05) is 32.0 Å². The second-order valence-electron chi connectivity index (χ2n) is 5.51. The number of piperidine rings is 1. The minimum atomic E-state index is -0.331. The molecule has 1 aromatic rings. The van der Waals surface area contributed by atoms with Gasteiger partial charge >= 0.3 is 5.69 Å². The van der Waals surface area contributed by atoms with Crippen LogP contribution in [-0.4, -0.2) is 46.3 Å². The van der Waals surface area contributed by atoms with Crippen LogP contribution in [0, 0.1) is 16.0 Å². The SMILES string of the molecule is CCc1nn(C)c(NCC2CCN(C)CC2)c1[N+](=O)[O-]. The van der Waals surface area contributed by atoms with E-state index in [0.717, 1.165) is 32.5 Å². The molecule has 0 unspecified atom stereocenters. The second kappa shape index (κ2) is 6.21. The molecule has 1 aromatic heterocycles. The predicted molar refractivity (Wildman–Crippen MR) is 78.0 cm³/mol. The lowest BCUT2D eigenvalue weighted by atomic mass is 9.97. The van der Waals surface area contributed by atoms with Crippen molar-refractivity contribution in [1.29, 1.82) is 0 Å². The molecule has 0 radical (unpaired) electrons. The molecule has 0 aromatic carbocycles. The Morgan fingerprint density at radius 3 is 2.60 bits per heavy atom. The number of hydrogen-bond donors (Lipinski definition) is 1. The van der Waals surface area contributed by atoms with Gasteiger partial charge in [-0.2, -0.15) is 5.10 Å². The molecule has 0 aliphatic carbocycles. The number of aryl methyl sites for hydroxylation is 2. The smallest absolute Gasteiger partial charge is 0.333 e. The molecule has 1 N–H and O–H groups in total. The first kappa shape index (κ1) is 14.8. The average Bonchev–Trinajstić information content (AvgIpc) is 2.74. The van der Waals surface area contributed by atoms with E-state index in [1.165, 1.54) is 0 Å².